The summed E-state index contributed by atoms with van der Waals surface area (Å²) in [7, 11) is 0. The summed E-state index contributed by atoms with van der Waals surface area (Å²) < 4.78 is 5.23. The predicted octanol–water partition coefficient (Wildman–Crippen LogP) is 1.26. The minimum atomic E-state index is 0.249. The quantitative estimate of drug-likeness (QED) is 0.762. The molecule has 1 amide bonds. The summed E-state index contributed by atoms with van der Waals surface area (Å²) in [6.45, 7) is 10.3. The molecule has 1 atom stereocenters. The molecule has 1 saturated heterocycles. The van der Waals surface area contributed by atoms with Gasteiger partial charge in [-0.2, -0.15) is 0 Å². The Morgan fingerprint density at radius 1 is 1.35 bits per heavy atom. The number of ether oxygens (including phenoxy) is 1. The Hall–Kier alpha value is -0.610. The van der Waals surface area contributed by atoms with Gasteiger partial charge in [0.1, 0.15) is 0 Å². The van der Waals surface area contributed by atoms with Crippen molar-refractivity contribution in [3.63, 3.8) is 0 Å². The fourth-order valence-electron chi connectivity index (χ4n) is 2.19. The average molecular weight is 242 g/mol. The van der Waals surface area contributed by atoms with Gasteiger partial charge in [0.25, 0.3) is 0 Å². The van der Waals surface area contributed by atoms with Crippen LogP contribution in [0.25, 0.3) is 0 Å². The molecule has 1 N–H and O–H groups in total. The maximum atomic E-state index is 11.9. The highest BCUT2D eigenvalue weighted by Crippen LogP contribution is 2.05. The summed E-state index contributed by atoms with van der Waals surface area (Å²) in [5.74, 6) is 0.873. The number of nitrogens with zero attached hydrogens (tertiary/aromatic N) is 1. The predicted molar refractivity (Wildman–Crippen MR) is 68.9 cm³/mol. The van der Waals surface area contributed by atoms with Gasteiger partial charge in [-0.05, 0) is 12.3 Å². The van der Waals surface area contributed by atoms with E-state index in [1.54, 1.807) is 0 Å². The van der Waals surface area contributed by atoms with E-state index >= 15 is 0 Å². The van der Waals surface area contributed by atoms with Crippen LogP contribution in [0.3, 0.4) is 0 Å². The number of amides is 1. The van der Waals surface area contributed by atoms with Gasteiger partial charge in [0.2, 0.25) is 5.91 Å². The zero-order chi connectivity index (χ0) is 12.7. The van der Waals surface area contributed by atoms with E-state index in [0.29, 0.717) is 31.6 Å². The van der Waals surface area contributed by atoms with E-state index in [9.17, 15) is 4.79 Å². The van der Waals surface area contributed by atoms with Crippen LogP contribution in [0, 0.1) is 5.92 Å². The molecule has 1 heterocycles. The Balaban J connectivity index is 2.18. The Morgan fingerprint density at radius 2 is 2.00 bits per heavy atom. The average Bonchev–Trinajstić information content (AvgIpc) is 2.35. The molecule has 0 aromatic rings. The van der Waals surface area contributed by atoms with E-state index in [4.69, 9.17) is 4.74 Å². The number of rotatable bonds is 6. The molecule has 0 spiro atoms. The van der Waals surface area contributed by atoms with Crippen LogP contribution < -0.4 is 5.32 Å². The van der Waals surface area contributed by atoms with E-state index < -0.39 is 0 Å². The summed E-state index contributed by atoms with van der Waals surface area (Å²) in [5.41, 5.74) is 0. The topological polar surface area (TPSA) is 41.6 Å². The Bertz CT molecular complexity index is 225. The highest BCUT2D eigenvalue weighted by Gasteiger charge is 2.17. The highest BCUT2D eigenvalue weighted by atomic mass is 16.5. The fraction of sp³-hybridized carbons (Fsp3) is 0.923. The van der Waals surface area contributed by atoms with Crippen LogP contribution in [0.1, 0.15) is 33.6 Å². The molecule has 0 aliphatic carbocycles. The first-order chi connectivity index (χ1) is 8.15. The van der Waals surface area contributed by atoms with Crippen molar-refractivity contribution in [1.82, 2.24) is 10.2 Å². The van der Waals surface area contributed by atoms with E-state index in [1.165, 1.54) is 0 Å². The van der Waals surface area contributed by atoms with Crippen molar-refractivity contribution in [2.45, 2.75) is 39.7 Å². The fourth-order valence-corrected chi connectivity index (χ4v) is 2.19. The van der Waals surface area contributed by atoms with Gasteiger partial charge in [0.15, 0.2) is 0 Å². The Morgan fingerprint density at radius 3 is 2.53 bits per heavy atom. The van der Waals surface area contributed by atoms with Crippen LogP contribution in [0.5, 0.6) is 0 Å². The van der Waals surface area contributed by atoms with Crippen molar-refractivity contribution in [2.75, 3.05) is 32.8 Å². The lowest BCUT2D eigenvalue weighted by molar-refractivity contribution is -0.135. The molecular formula is C13H26N2O2. The first-order valence-electron chi connectivity index (χ1n) is 6.74. The normalized spacial score (nSPS) is 18.5. The minimum Gasteiger partial charge on any atom is -0.378 e. The molecule has 0 radical (unpaired) electrons. The summed E-state index contributed by atoms with van der Waals surface area (Å²) >= 11 is 0. The number of hydrogen-bond acceptors (Lipinski definition) is 3. The maximum absolute atomic E-state index is 11.9. The molecule has 0 aromatic heterocycles. The third-order valence-corrected chi connectivity index (χ3v) is 3.35. The van der Waals surface area contributed by atoms with Gasteiger partial charge in [-0.15, -0.1) is 0 Å². The van der Waals surface area contributed by atoms with Crippen LogP contribution in [-0.4, -0.2) is 49.7 Å². The molecule has 1 rings (SSSR count). The lowest BCUT2D eigenvalue weighted by atomic mass is 10.0. The maximum Gasteiger partial charge on any atom is 0.224 e. The van der Waals surface area contributed by atoms with Gasteiger partial charge in [0, 0.05) is 32.1 Å². The van der Waals surface area contributed by atoms with Crippen LogP contribution in [0.2, 0.25) is 0 Å². The van der Waals surface area contributed by atoms with Crippen molar-refractivity contribution < 1.29 is 9.53 Å². The number of nitrogens with one attached hydrogen (secondary N) is 1. The third-order valence-electron chi connectivity index (χ3n) is 3.35. The number of carbonyl (C=O) groups excluding carboxylic acids is 1. The van der Waals surface area contributed by atoms with Gasteiger partial charge in [-0.3, -0.25) is 4.79 Å². The molecule has 0 saturated carbocycles. The van der Waals surface area contributed by atoms with Crippen molar-refractivity contribution in [3.8, 4) is 0 Å². The number of carbonyl (C=O) groups is 1. The second kappa shape index (κ2) is 7.67. The summed E-state index contributed by atoms with van der Waals surface area (Å²) in [5, 5.41) is 3.46. The molecule has 1 aliphatic rings. The summed E-state index contributed by atoms with van der Waals surface area (Å²) in [6, 6.07) is 0.521. The molecule has 0 aromatic carbocycles. The molecule has 1 fully saturated rings. The van der Waals surface area contributed by atoms with Gasteiger partial charge in [-0.1, -0.05) is 20.8 Å². The zero-order valence-corrected chi connectivity index (χ0v) is 11.4. The zero-order valence-electron chi connectivity index (χ0n) is 11.4. The highest BCUT2D eigenvalue weighted by molar-refractivity contribution is 5.76. The van der Waals surface area contributed by atoms with Crippen molar-refractivity contribution >= 4 is 5.91 Å². The van der Waals surface area contributed by atoms with Gasteiger partial charge in [-0.25, -0.2) is 0 Å². The first-order valence-corrected chi connectivity index (χ1v) is 6.74. The number of hydrogen-bond donors (Lipinski definition) is 1. The Labute approximate surface area is 105 Å². The van der Waals surface area contributed by atoms with Crippen LogP contribution in [0.4, 0.5) is 0 Å². The molecule has 4 heteroatoms. The van der Waals surface area contributed by atoms with Gasteiger partial charge in [0.05, 0.1) is 13.2 Å². The largest absolute Gasteiger partial charge is 0.378 e. The van der Waals surface area contributed by atoms with E-state index in [-0.39, 0.29) is 5.91 Å². The van der Waals surface area contributed by atoms with Crippen LogP contribution in [0.15, 0.2) is 0 Å². The van der Waals surface area contributed by atoms with E-state index in [1.807, 2.05) is 4.90 Å². The lowest BCUT2D eigenvalue weighted by Crippen LogP contribution is -2.42. The summed E-state index contributed by atoms with van der Waals surface area (Å²) in [4.78, 5) is 13.8. The SMILES string of the molecule is CCC(NCCC(=O)N1CCOCC1)C(C)C. The monoisotopic (exact) mass is 242 g/mol. The van der Waals surface area contributed by atoms with E-state index in [2.05, 4.69) is 26.1 Å². The lowest BCUT2D eigenvalue weighted by Gasteiger charge is -2.27. The Kier molecular flexibility index (Phi) is 6.52. The van der Waals surface area contributed by atoms with E-state index in [0.717, 1.165) is 26.1 Å². The van der Waals surface area contributed by atoms with Crippen molar-refractivity contribution in [3.05, 3.63) is 0 Å². The van der Waals surface area contributed by atoms with Crippen molar-refractivity contribution in [2.24, 2.45) is 5.92 Å². The second-order valence-corrected chi connectivity index (χ2v) is 4.96. The second-order valence-electron chi connectivity index (χ2n) is 4.96. The van der Waals surface area contributed by atoms with Crippen LogP contribution >= 0.6 is 0 Å². The molecule has 0 bridgehead atoms. The number of morpholine rings is 1. The third kappa shape index (κ3) is 5.04. The summed E-state index contributed by atoms with van der Waals surface area (Å²) in [6.07, 6.45) is 1.71. The molecule has 1 unspecified atom stereocenters. The minimum absolute atomic E-state index is 0.249. The molecule has 100 valence electrons. The molecule has 4 nitrogen and oxygen atoms in total. The standard InChI is InChI=1S/C13H26N2O2/c1-4-12(11(2)3)14-6-5-13(16)15-7-9-17-10-8-15/h11-12,14H,4-10H2,1-3H3. The molecular weight excluding hydrogens is 216 g/mol. The molecule has 1 aliphatic heterocycles. The van der Waals surface area contributed by atoms with Crippen molar-refractivity contribution in [1.29, 1.82) is 0 Å². The first kappa shape index (κ1) is 14.5. The molecule has 17 heavy (non-hydrogen) atoms. The van der Waals surface area contributed by atoms with Gasteiger partial charge >= 0.3 is 0 Å². The smallest absolute Gasteiger partial charge is 0.224 e. The van der Waals surface area contributed by atoms with Crippen LogP contribution in [-0.2, 0) is 9.53 Å². The van der Waals surface area contributed by atoms with Gasteiger partial charge < -0.3 is 15.0 Å².